The molecule has 1 aromatic heterocycles. The zero-order valence-electron chi connectivity index (χ0n) is 13.1. The zero-order valence-corrected chi connectivity index (χ0v) is 13.1. The van der Waals surface area contributed by atoms with Gasteiger partial charge < -0.3 is 15.2 Å². The lowest BCUT2D eigenvalue weighted by Gasteiger charge is -2.22. The van der Waals surface area contributed by atoms with Gasteiger partial charge in [-0.25, -0.2) is 9.78 Å². The summed E-state index contributed by atoms with van der Waals surface area (Å²) in [6.07, 6.45) is 4.85. The number of carboxylic acid groups (broad SMARTS) is 1. The lowest BCUT2D eigenvalue weighted by atomic mass is 9.95. The predicted molar refractivity (Wildman–Crippen MR) is 89.0 cm³/mol. The minimum atomic E-state index is -1.01. The Labute approximate surface area is 135 Å². The molecule has 0 bridgehead atoms. The third kappa shape index (κ3) is 4.20. The van der Waals surface area contributed by atoms with Gasteiger partial charge in [0.05, 0.1) is 12.1 Å². The normalized spacial score (nSPS) is 18.0. The summed E-state index contributed by atoms with van der Waals surface area (Å²) in [6, 6.07) is 8.86. The highest BCUT2D eigenvalue weighted by molar-refractivity contribution is 5.90. The highest BCUT2D eigenvalue weighted by Crippen LogP contribution is 2.21. The van der Waals surface area contributed by atoms with Gasteiger partial charge in [0, 0.05) is 5.39 Å². The molecule has 5 heteroatoms. The van der Waals surface area contributed by atoms with Gasteiger partial charge in [-0.05, 0) is 69.0 Å². The molecule has 1 fully saturated rings. The van der Waals surface area contributed by atoms with Crippen LogP contribution < -0.4 is 10.1 Å². The molecule has 2 heterocycles. The maximum Gasteiger partial charge on any atom is 0.354 e. The molecule has 1 aliphatic heterocycles. The van der Waals surface area contributed by atoms with Crippen LogP contribution in [-0.2, 0) is 0 Å². The van der Waals surface area contributed by atoms with Gasteiger partial charge in [0.1, 0.15) is 11.4 Å². The molecule has 1 aliphatic rings. The monoisotopic (exact) mass is 314 g/mol. The van der Waals surface area contributed by atoms with Crippen LogP contribution in [0.3, 0.4) is 0 Å². The van der Waals surface area contributed by atoms with Gasteiger partial charge in [-0.3, -0.25) is 0 Å². The van der Waals surface area contributed by atoms with Crippen LogP contribution in [0.5, 0.6) is 5.75 Å². The first kappa shape index (κ1) is 15.7. The Hall–Kier alpha value is -2.14. The van der Waals surface area contributed by atoms with E-state index in [4.69, 9.17) is 9.84 Å². The van der Waals surface area contributed by atoms with Crippen molar-refractivity contribution in [2.75, 3.05) is 19.7 Å². The van der Waals surface area contributed by atoms with E-state index >= 15 is 0 Å². The van der Waals surface area contributed by atoms with E-state index in [0.29, 0.717) is 12.1 Å². The summed E-state index contributed by atoms with van der Waals surface area (Å²) < 4.78 is 5.82. The predicted octanol–water partition coefficient (Wildman–Crippen LogP) is 3.09. The summed E-state index contributed by atoms with van der Waals surface area (Å²) in [7, 11) is 0. The number of benzene rings is 1. The van der Waals surface area contributed by atoms with E-state index in [9.17, 15) is 4.79 Å². The first-order chi connectivity index (χ1) is 11.2. The van der Waals surface area contributed by atoms with Gasteiger partial charge in [-0.2, -0.15) is 0 Å². The Morgan fingerprint density at radius 2 is 2.26 bits per heavy atom. The van der Waals surface area contributed by atoms with E-state index in [2.05, 4.69) is 10.3 Å². The Kier molecular flexibility index (Phi) is 5.08. The second kappa shape index (κ2) is 7.42. The lowest BCUT2D eigenvalue weighted by Crippen LogP contribution is -2.29. The van der Waals surface area contributed by atoms with Gasteiger partial charge >= 0.3 is 5.97 Å². The highest BCUT2D eigenvalue weighted by Gasteiger charge is 2.12. The fourth-order valence-corrected chi connectivity index (χ4v) is 3.04. The first-order valence-corrected chi connectivity index (χ1v) is 8.20. The van der Waals surface area contributed by atoms with Gasteiger partial charge in [0.2, 0.25) is 0 Å². The lowest BCUT2D eigenvalue weighted by molar-refractivity contribution is 0.0691. The summed E-state index contributed by atoms with van der Waals surface area (Å²) in [5, 5.41) is 13.3. The molecule has 122 valence electrons. The molecule has 1 aromatic carbocycles. The van der Waals surface area contributed by atoms with Crippen molar-refractivity contribution in [1.29, 1.82) is 0 Å². The van der Waals surface area contributed by atoms with Crippen molar-refractivity contribution in [3.05, 3.63) is 36.0 Å². The Balaban J connectivity index is 1.53. The summed E-state index contributed by atoms with van der Waals surface area (Å²) in [4.78, 5) is 15.0. The minimum Gasteiger partial charge on any atom is -0.494 e. The number of carbonyl (C=O) groups is 1. The number of nitrogens with zero attached hydrogens (tertiary/aromatic N) is 1. The van der Waals surface area contributed by atoms with E-state index < -0.39 is 5.97 Å². The Bertz CT molecular complexity index is 681. The Morgan fingerprint density at radius 3 is 3.04 bits per heavy atom. The average Bonchev–Trinajstić information content (AvgIpc) is 2.59. The summed E-state index contributed by atoms with van der Waals surface area (Å²) in [5.74, 6) is 0.580. The molecule has 0 amide bonds. The number of hydrogen-bond donors (Lipinski definition) is 2. The van der Waals surface area contributed by atoms with Crippen molar-refractivity contribution in [3.63, 3.8) is 0 Å². The third-order valence-electron chi connectivity index (χ3n) is 4.30. The second-order valence-corrected chi connectivity index (χ2v) is 6.06. The molecular weight excluding hydrogens is 292 g/mol. The number of carboxylic acids is 1. The highest BCUT2D eigenvalue weighted by atomic mass is 16.5. The van der Waals surface area contributed by atoms with Crippen LogP contribution in [0.4, 0.5) is 0 Å². The minimum absolute atomic E-state index is 0.0623. The number of aromatic carboxylic acids is 1. The number of ether oxygens (including phenoxy) is 1. The van der Waals surface area contributed by atoms with E-state index in [1.165, 1.54) is 25.3 Å². The van der Waals surface area contributed by atoms with Crippen LogP contribution in [0, 0.1) is 5.92 Å². The van der Waals surface area contributed by atoms with Crippen LogP contribution in [0.2, 0.25) is 0 Å². The fraction of sp³-hybridized carbons (Fsp3) is 0.444. The average molecular weight is 314 g/mol. The molecule has 23 heavy (non-hydrogen) atoms. The molecular formula is C18H22N2O3. The molecule has 0 saturated carbocycles. The topological polar surface area (TPSA) is 71.5 Å². The van der Waals surface area contributed by atoms with Gasteiger partial charge in [0.15, 0.2) is 0 Å². The van der Waals surface area contributed by atoms with E-state index in [0.717, 1.165) is 36.6 Å². The molecule has 1 saturated heterocycles. The number of pyridine rings is 1. The zero-order chi connectivity index (χ0) is 16.1. The quantitative estimate of drug-likeness (QED) is 0.802. The Morgan fingerprint density at radius 1 is 1.35 bits per heavy atom. The number of rotatable bonds is 6. The first-order valence-electron chi connectivity index (χ1n) is 8.20. The van der Waals surface area contributed by atoms with E-state index in [1.807, 2.05) is 18.2 Å². The maximum atomic E-state index is 10.9. The summed E-state index contributed by atoms with van der Waals surface area (Å²) in [6.45, 7) is 3.00. The van der Waals surface area contributed by atoms with Gasteiger partial charge in [-0.1, -0.05) is 6.07 Å². The fourth-order valence-electron chi connectivity index (χ4n) is 3.04. The van der Waals surface area contributed by atoms with Gasteiger partial charge in [0.25, 0.3) is 0 Å². The smallest absolute Gasteiger partial charge is 0.354 e. The molecule has 2 aromatic rings. The third-order valence-corrected chi connectivity index (χ3v) is 4.30. The van der Waals surface area contributed by atoms with E-state index in [1.54, 1.807) is 6.07 Å². The van der Waals surface area contributed by atoms with Crippen LogP contribution in [0.1, 0.15) is 36.2 Å². The molecule has 0 spiro atoms. The number of fused-ring (bicyclic) bond motifs is 1. The number of nitrogens with one attached hydrogen (secondary N) is 1. The second-order valence-electron chi connectivity index (χ2n) is 6.06. The largest absolute Gasteiger partial charge is 0.494 e. The number of aromatic nitrogens is 1. The van der Waals surface area contributed by atoms with Crippen molar-refractivity contribution in [3.8, 4) is 5.75 Å². The molecule has 1 unspecified atom stereocenters. The van der Waals surface area contributed by atoms with E-state index in [-0.39, 0.29) is 5.69 Å². The molecule has 0 radical (unpaired) electrons. The molecule has 1 atom stereocenters. The molecule has 3 rings (SSSR count). The standard InChI is InChI=1S/C18H22N2O3/c21-18(22)17-7-5-14-11-15(6-8-16(14)20-17)23-10-2-4-13-3-1-9-19-12-13/h5-8,11,13,19H,1-4,9-10,12H2,(H,21,22). The van der Waals surface area contributed by atoms with Crippen molar-refractivity contribution in [2.45, 2.75) is 25.7 Å². The van der Waals surface area contributed by atoms with Crippen molar-refractivity contribution >= 4 is 16.9 Å². The van der Waals surface area contributed by atoms with Crippen molar-refractivity contribution < 1.29 is 14.6 Å². The number of piperidine rings is 1. The SMILES string of the molecule is O=C(O)c1ccc2cc(OCCCC3CCCNC3)ccc2n1. The van der Waals surface area contributed by atoms with Crippen LogP contribution in [0.15, 0.2) is 30.3 Å². The van der Waals surface area contributed by atoms with Gasteiger partial charge in [-0.15, -0.1) is 0 Å². The van der Waals surface area contributed by atoms with Crippen LogP contribution in [0.25, 0.3) is 10.9 Å². The summed E-state index contributed by atoms with van der Waals surface area (Å²) >= 11 is 0. The van der Waals surface area contributed by atoms with Crippen LogP contribution in [-0.4, -0.2) is 35.8 Å². The summed E-state index contributed by atoms with van der Waals surface area (Å²) in [5.41, 5.74) is 0.734. The van der Waals surface area contributed by atoms with Crippen LogP contribution >= 0.6 is 0 Å². The number of hydrogen-bond acceptors (Lipinski definition) is 4. The molecule has 0 aliphatic carbocycles. The molecule has 5 nitrogen and oxygen atoms in total. The molecule has 2 N–H and O–H groups in total. The van der Waals surface area contributed by atoms with Crippen molar-refractivity contribution in [2.24, 2.45) is 5.92 Å². The van der Waals surface area contributed by atoms with Crippen molar-refractivity contribution in [1.82, 2.24) is 10.3 Å². The maximum absolute atomic E-state index is 10.9.